The molecule has 0 aromatic heterocycles. The average Bonchev–Trinajstić information content (AvgIpc) is 2.29. The molecule has 3 N–H and O–H groups in total. The smallest absolute Gasteiger partial charge is 0.170 e. The third-order valence-electron chi connectivity index (χ3n) is 2.79. The van der Waals surface area contributed by atoms with Crippen LogP contribution in [-0.4, -0.2) is 70.9 Å². The van der Waals surface area contributed by atoms with Crippen LogP contribution in [0.15, 0.2) is 0 Å². The maximum absolute atomic E-state index is 13.9. The lowest BCUT2D eigenvalue weighted by atomic mass is 9.99. The SMILES string of the molecule is CON(C(C)C)C1OC(CO)[C@H](O)[C@H](O)C1F. The van der Waals surface area contributed by atoms with E-state index in [0.29, 0.717) is 0 Å². The van der Waals surface area contributed by atoms with Crippen molar-refractivity contribution in [3.05, 3.63) is 0 Å². The maximum Gasteiger partial charge on any atom is 0.170 e. The molecule has 0 saturated carbocycles. The van der Waals surface area contributed by atoms with E-state index in [9.17, 15) is 14.6 Å². The largest absolute Gasteiger partial charge is 0.394 e. The Morgan fingerprint density at radius 3 is 2.35 bits per heavy atom. The lowest BCUT2D eigenvalue weighted by Gasteiger charge is -2.43. The van der Waals surface area contributed by atoms with Gasteiger partial charge in [-0.3, -0.25) is 4.84 Å². The summed E-state index contributed by atoms with van der Waals surface area (Å²) in [5.41, 5.74) is 0. The van der Waals surface area contributed by atoms with Gasteiger partial charge in [-0.2, -0.15) is 5.06 Å². The fraction of sp³-hybridized carbons (Fsp3) is 1.00. The van der Waals surface area contributed by atoms with Gasteiger partial charge in [-0.1, -0.05) is 0 Å². The number of hydroxylamine groups is 2. The summed E-state index contributed by atoms with van der Waals surface area (Å²) in [4.78, 5) is 4.99. The first-order valence-electron chi connectivity index (χ1n) is 5.53. The number of rotatable bonds is 4. The van der Waals surface area contributed by atoms with Crippen molar-refractivity contribution in [2.45, 2.75) is 50.6 Å². The predicted octanol–water partition coefficient (Wildman–Crippen LogP) is -0.965. The summed E-state index contributed by atoms with van der Waals surface area (Å²) in [6.07, 6.45) is -7.05. The van der Waals surface area contributed by atoms with Crippen LogP contribution >= 0.6 is 0 Å². The van der Waals surface area contributed by atoms with Gasteiger partial charge in [0.1, 0.15) is 18.3 Å². The van der Waals surface area contributed by atoms with Crippen LogP contribution < -0.4 is 0 Å². The molecule has 3 unspecified atom stereocenters. The van der Waals surface area contributed by atoms with E-state index < -0.39 is 37.3 Å². The van der Waals surface area contributed by atoms with Crippen LogP contribution in [-0.2, 0) is 9.57 Å². The minimum Gasteiger partial charge on any atom is -0.394 e. The quantitative estimate of drug-likeness (QED) is 0.560. The molecule has 6 nitrogen and oxygen atoms in total. The highest BCUT2D eigenvalue weighted by atomic mass is 19.1. The lowest BCUT2D eigenvalue weighted by Crippen LogP contribution is -2.62. The molecule has 0 aliphatic carbocycles. The van der Waals surface area contributed by atoms with Gasteiger partial charge in [0.2, 0.25) is 0 Å². The third kappa shape index (κ3) is 2.93. The minimum atomic E-state index is -1.81. The summed E-state index contributed by atoms with van der Waals surface area (Å²) < 4.78 is 19.1. The number of nitrogens with zero attached hydrogens (tertiary/aromatic N) is 1. The highest BCUT2D eigenvalue weighted by Crippen LogP contribution is 2.26. The molecule has 0 bridgehead atoms. The second-order valence-corrected chi connectivity index (χ2v) is 4.31. The van der Waals surface area contributed by atoms with Crippen molar-refractivity contribution in [3.63, 3.8) is 0 Å². The van der Waals surface area contributed by atoms with E-state index in [-0.39, 0.29) is 6.04 Å². The van der Waals surface area contributed by atoms with E-state index >= 15 is 0 Å². The Bertz CT molecular complexity index is 241. The molecule has 17 heavy (non-hydrogen) atoms. The van der Waals surface area contributed by atoms with Crippen LogP contribution in [0.2, 0.25) is 0 Å². The zero-order valence-corrected chi connectivity index (χ0v) is 10.2. The Labute approximate surface area is 99.5 Å². The molecule has 1 rings (SSSR count). The molecule has 0 radical (unpaired) electrons. The van der Waals surface area contributed by atoms with Crippen LogP contribution in [0, 0.1) is 0 Å². The van der Waals surface area contributed by atoms with E-state index in [1.54, 1.807) is 13.8 Å². The molecule has 0 spiro atoms. The first-order valence-corrected chi connectivity index (χ1v) is 5.53. The van der Waals surface area contributed by atoms with Gasteiger partial charge >= 0.3 is 0 Å². The number of hydrogen-bond donors (Lipinski definition) is 3. The summed E-state index contributed by atoms with van der Waals surface area (Å²) in [7, 11) is 1.36. The Morgan fingerprint density at radius 2 is 1.94 bits per heavy atom. The molecule has 1 heterocycles. The Balaban J connectivity index is 2.84. The molecule has 0 amide bonds. The second-order valence-electron chi connectivity index (χ2n) is 4.31. The topological polar surface area (TPSA) is 82.4 Å². The lowest BCUT2D eigenvalue weighted by molar-refractivity contribution is -0.326. The van der Waals surface area contributed by atoms with Crippen LogP contribution in [0.3, 0.4) is 0 Å². The molecule has 7 heteroatoms. The van der Waals surface area contributed by atoms with Gasteiger partial charge in [-0.05, 0) is 13.8 Å². The van der Waals surface area contributed by atoms with Gasteiger partial charge in [0.25, 0.3) is 0 Å². The van der Waals surface area contributed by atoms with E-state index in [1.807, 2.05) is 0 Å². The number of halogens is 1. The molecular formula is C10H20FNO5. The highest BCUT2D eigenvalue weighted by Gasteiger charge is 2.47. The zero-order valence-electron chi connectivity index (χ0n) is 10.2. The molecule has 0 aromatic rings. The van der Waals surface area contributed by atoms with Crippen molar-refractivity contribution < 1.29 is 29.3 Å². The number of aliphatic hydroxyl groups is 3. The third-order valence-corrected chi connectivity index (χ3v) is 2.79. The van der Waals surface area contributed by atoms with Gasteiger partial charge in [0, 0.05) is 6.04 Å². The molecule has 102 valence electrons. The van der Waals surface area contributed by atoms with Gasteiger partial charge in [0.05, 0.1) is 13.7 Å². The van der Waals surface area contributed by atoms with Crippen molar-refractivity contribution in [2.24, 2.45) is 0 Å². The summed E-state index contributed by atoms with van der Waals surface area (Å²) >= 11 is 0. The van der Waals surface area contributed by atoms with Gasteiger partial charge in [-0.15, -0.1) is 0 Å². The number of alkyl halides is 1. The Kier molecular flexibility index (Phi) is 5.23. The maximum atomic E-state index is 13.9. The standard InChI is InChI=1S/C10H20FNO5/c1-5(2)12(16-3)10-7(11)9(15)8(14)6(4-13)17-10/h5-10,13-15H,4H2,1-3H3/t6?,7?,8-,9+,10?/m0/s1. The van der Waals surface area contributed by atoms with Crippen molar-refractivity contribution in [1.82, 2.24) is 5.06 Å². The van der Waals surface area contributed by atoms with Crippen LogP contribution in [0.25, 0.3) is 0 Å². The molecule has 1 aliphatic rings. The number of ether oxygens (including phenoxy) is 1. The zero-order chi connectivity index (χ0) is 13.2. The van der Waals surface area contributed by atoms with Gasteiger partial charge in [-0.25, -0.2) is 4.39 Å². The first kappa shape index (κ1) is 14.7. The summed E-state index contributed by atoms with van der Waals surface area (Å²) in [5.74, 6) is 0. The van der Waals surface area contributed by atoms with Crippen molar-refractivity contribution in [1.29, 1.82) is 0 Å². The molecular weight excluding hydrogens is 233 g/mol. The highest BCUT2D eigenvalue weighted by molar-refractivity contribution is 4.91. The molecule has 1 saturated heterocycles. The Hall–Kier alpha value is -0.310. The summed E-state index contributed by atoms with van der Waals surface area (Å²) in [6.45, 7) is 3.03. The van der Waals surface area contributed by atoms with Gasteiger partial charge in [0.15, 0.2) is 12.4 Å². The normalized spacial score (nSPS) is 39.0. The summed E-state index contributed by atoms with van der Waals surface area (Å²) in [6, 6.07) is -0.176. The molecule has 1 aliphatic heterocycles. The number of aliphatic hydroxyl groups excluding tert-OH is 3. The molecule has 1 fully saturated rings. The van der Waals surface area contributed by atoms with Crippen LogP contribution in [0.4, 0.5) is 4.39 Å². The predicted molar refractivity (Wildman–Crippen MR) is 56.6 cm³/mol. The van der Waals surface area contributed by atoms with Crippen LogP contribution in [0.1, 0.15) is 13.8 Å². The molecule has 0 aromatic carbocycles. The van der Waals surface area contributed by atoms with Crippen LogP contribution in [0.5, 0.6) is 0 Å². The van der Waals surface area contributed by atoms with Gasteiger partial charge < -0.3 is 20.1 Å². The monoisotopic (exact) mass is 253 g/mol. The summed E-state index contributed by atoms with van der Waals surface area (Å²) in [5, 5.41) is 29.3. The Morgan fingerprint density at radius 1 is 1.35 bits per heavy atom. The minimum absolute atomic E-state index is 0.176. The fourth-order valence-electron chi connectivity index (χ4n) is 1.87. The van der Waals surface area contributed by atoms with E-state index in [4.69, 9.17) is 14.7 Å². The van der Waals surface area contributed by atoms with Crippen molar-refractivity contribution >= 4 is 0 Å². The molecule has 5 atom stereocenters. The first-order chi connectivity index (χ1) is 7.93. The number of hydrogen-bond acceptors (Lipinski definition) is 6. The van der Waals surface area contributed by atoms with Crippen molar-refractivity contribution in [2.75, 3.05) is 13.7 Å². The van der Waals surface area contributed by atoms with E-state index in [1.165, 1.54) is 12.2 Å². The average molecular weight is 253 g/mol. The van der Waals surface area contributed by atoms with E-state index in [2.05, 4.69) is 0 Å². The van der Waals surface area contributed by atoms with E-state index in [0.717, 1.165) is 0 Å². The van der Waals surface area contributed by atoms with Crippen molar-refractivity contribution in [3.8, 4) is 0 Å². The fourth-order valence-corrected chi connectivity index (χ4v) is 1.87. The second kappa shape index (κ2) is 6.03.